The molecule has 2 amide bonds. The standard InChI is InChI=1S/C28H29FN4O3S/c1-32(2)23-12-4-19(5-13-23)16-17-33-27(37)31-26(35)28(33,20-6-8-21(29)9-7-20)18-25(34)30-22-10-14-24(36-3)15-11-22/h4-15H,16-18H2,1-3H3,(H,30,34)(H,31,35,37). The van der Waals surface area contributed by atoms with E-state index in [0.29, 0.717) is 30.0 Å². The fourth-order valence-electron chi connectivity index (χ4n) is 4.46. The zero-order valence-electron chi connectivity index (χ0n) is 21.0. The van der Waals surface area contributed by atoms with E-state index in [1.165, 1.54) is 24.3 Å². The van der Waals surface area contributed by atoms with Gasteiger partial charge in [-0.25, -0.2) is 4.39 Å². The Kier molecular flexibility index (Phi) is 7.73. The van der Waals surface area contributed by atoms with Crippen molar-refractivity contribution in [1.82, 2.24) is 10.2 Å². The van der Waals surface area contributed by atoms with Crippen LogP contribution < -0.4 is 20.3 Å². The van der Waals surface area contributed by atoms with Crippen LogP contribution >= 0.6 is 12.2 Å². The van der Waals surface area contributed by atoms with Crippen LogP contribution in [0, 0.1) is 5.82 Å². The molecule has 0 aliphatic carbocycles. The summed E-state index contributed by atoms with van der Waals surface area (Å²) in [6.07, 6.45) is 0.377. The van der Waals surface area contributed by atoms with Crippen molar-refractivity contribution in [2.24, 2.45) is 0 Å². The van der Waals surface area contributed by atoms with Crippen LogP contribution in [0.3, 0.4) is 0 Å². The van der Waals surface area contributed by atoms with E-state index in [1.54, 1.807) is 36.3 Å². The molecule has 37 heavy (non-hydrogen) atoms. The predicted molar refractivity (Wildman–Crippen MR) is 146 cm³/mol. The number of carbonyl (C=O) groups is 2. The summed E-state index contributed by atoms with van der Waals surface area (Å²) in [4.78, 5) is 30.5. The summed E-state index contributed by atoms with van der Waals surface area (Å²) in [6, 6.07) is 20.6. The van der Waals surface area contributed by atoms with Gasteiger partial charge in [-0.1, -0.05) is 24.3 Å². The van der Waals surface area contributed by atoms with Gasteiger partial charge >= 0.3 is 0 Å². The second-order valence-electron chi connectivity index (χ2n) is 9.04. The normalized spacial score (nSPS) is 16.9. The molecule has 0 bridgehead atoms. The van der Waals surface area contributed by atoms with Crippen LogP contribution in [-0.2, 0) is 21.5 Å². The molecule has 1 aliphatic rings. The summed E-state index contributed by atoms with van der Waals surface area (Å²) >= 11 is 5.54. The van der Waals surface area contributed by atoms with E-state index in [-0.39, 0.29) is 17.4 Å². The molecule has 9 heteroatoms. The summed E-state index contributed by atoms with van der Waals surface area (Å²) in [6.45, 7) is 0.381. The molecule has 0 radical (unpaired) electrons. The Hall–Kier alpha value is -3.98. The lowest BCUT2D eigenvalue weighted by Gasteiger charge is -2.36. The first-order valence-electron chi connectivity index (χ1n) is 11.8. The minimum atomic E-state index is -1.43. The zero-order chi connectivity index (χ0) is 26.6. The molecule has 192 valence electrons. The number of hydrogen-bond donors (Lipinski definition) is 2. The van der Waals surface area contributed by atoms with Crippen molar-refractivity contribution in [1.29, 1.82) is 0 Å². The van der Waals surface area contributed by atoms with Crippen molar-refractivity contribution in [3.63, 3.8) is 0 Å². The molecule has 1 atom stereocenters. The number of benzene rings is 3. The molecule has 0 saturated carbocycles. The summed E-state index contributed by atoms with van der Waals surface area (Å²) in [7, 11) is 5.51. The number of anilines is 2. The number of amides is 2. The molecule has 3 aromatic rings. The number of ether oxygens (including phenoxy) is 1. The third-order valence-electron chi connectivity index (χ3n) is 6.49. The summed E-state index contributed by atoms with van der Waals surface area (Å²) < 4.78 is 19.0. The maximum atomic E-state index is 13.8. The maximum Gasteiger partial charge on any atom is 0.257 e. The summed E-state index contributed by atoms with van der Waals surface area (Å²) in [5.74, 6) is -0.576. The fraction of sp³-hybridized carbons (Fsp3) is 0.250. The molecular formula is C28H29FN4O3S. The summed E-state index contributed by atoms with van der Waals surface area (Å²) in [5, 5.41) is 5.82. The van der Waals surface area contributed by atoms with Crippen molar-refractivity contribution in [2.45, 2.75) is 18.4 Å². The number of rotatable bonds is 9. The molecule has 2 N–H and O–H groups in total. The van der Waals surface area contributed by atoms with Gasteiger partial charge in [-0.3, -0.25) is 9.59 Å². The highest BCUT2D eigenvalue weighted by molar-refractivity contribution is 7.80. The van der Waals surface area contributed by atoms with Gasteiger partial charge in [0, 0.05) is 32.0 Å². The lowest BCUT2D eigenvalue weighted by Crippen LogP contribution is -2.50. The molecular weight excluding hydrogens is 491 g/mol. The third kappa shape index (κ3) is 5.56. The zero-order valence-corrected chi connectivity index (χ0v) is 21.8. The number of halogens is 1. The molecule has 3 aromatic carbocycles. The molecule has 1 unspecified atom stereocenters. The van der Waals surface area contributed by atoms with Crippen LogP contribution in [-0.4, -0.2) is 49.6 Å². The molecule has 0 spiro atoms. The van der Waals surface area contributed by atoms with Crippen molar-refractivity contribution in [3.8, 4) is 5.75 Å². The molecule has 4 rings (SSSR count). The lowest BCUT2D eigenvalue weighted by molar-refractivity contribution is -0.131. The van der Waals surface area contributed by atoms with Crippen LogP contribution in [0.1, 0.15) is 17.5 Å². The smallest absolute Gasteiger partial charge is 0.257 e. The van der Waals surface area contributed by atoms with E-state index in [1.807, 2.05) is 43.3 Å². The van der Waals surface area contributed by atoms with Gasteiger partial charge in [-0.2, -0.15) is 0 Å². The Balaban J connectivity index is 1.63. The first-order chi connectivity index (χ1) is 17.7. The summed E-state index contributed by atoms with van der Waals surface area (Å²) in [5.41, 5.74) is 1.76. The topological polar surface area (TPSA) is 73.9 Å². The van der Waals surface area contributed by atoms with Crippen LogP contribution in [0.4, 0.5) is 15.8 Å². The first-order valence-corrected chi connectivity index (χ1v) is 12.2. The molecule has 7 nitrogen and oxygen atoms in total. The lowest BCUT2D eigenvalue weighted by atomic mass is 9.84. The van der Waals surface area contributed by atoms with Crippen LogP contribution in [0.2, 0.25) is 0 Å². The predicted octanol–water partition coefficient (Wildman–Crippen LogP) is 4.08. The highest BCUT2D eigenvalue weighted by atomic mass is 32.1. The quantitative estimate of drug-likeness (QED) is 0.414. The van der Waals surface area contributed by atoms with Gasteiger partial charge in [0.15, 0.2) is 10.7 Å². The monoisotopic (exact) mass is 520 g/mol. The highest BCUT2D eigenvalue weighted by Crippen LogP contribution is 2.37. The largest absolute Gasteiger partial charge is 0.497 e. The molecule has 1 fully saturated rings. The van der Waals surface area contributed by atoms with E-state index in [2.05, 4.69) is 10.6 Å². The minimum absolute atomic E-state index is 0.212. The number of methoxy groups -OCH3 is 1. The number of thiocarbonyl (C=S) groups is 1. The molecule has 1 aliphatic heterocycles. The highest BCUT2D eigenvalue weighted by Gasteiger charge is 2.53. The Morgan fingerprint density at radius 1 is 1.05 bits per heavy atom. The second-order valence-corrected chi connectivity index (χ2v) is 9.43. The van der Waals surface area contributed by atoms with Crippen LogP contribution in [0.5, 0.6) is 5.75 Å². The van der Waals surface area contributed by atoms with Crippen LogP contribution in [0.15, 0.2) is 72.8 Å². The first kappa shape index (κ1) is 26.1. The van der Waals surface area contributed by atoms with E-state index < -0.39 is 17.3 Å². The average molecular weight is 521 g/mol. The second kappa shape index (κ2) is 11.0. The van der Waals surface area contributed by atoms with E-state index in [4.69, 9.17) is 17.0 Å². The van der Waals surface area contributed by atoms with E-state index in [9.17, 15) is 14.0 Å². The third-order valence-corrected chi connectivity index (χ3v) is 6.81. The molecule has 1 heterocycles. The van der Waals surface area contributed by atoms with Gasteiger partial charge in [0.25, 0.3) is 5.91 Å². The number of hydrogen-bond acceptors (Lipinski definition) is 5. The van der Waals surface area contributed by atoms with Gasteiger partial charge in [-0.15, -0.1) is 0 Å². The Bertz CT molecular complexity index is 1280. The van der Waals surface area contributed by atoms with Gasteiger partial charge in [-0.05, 0) is 78.3 Å². The molecule has 1 saturated heterocycles. The van der Waals surface area contributed by atoms with Crippen molar-refractivity contribution in [2.75, 3.05) is 38.0 Å². The fourth-order valence-corrected chi connectivity index (χ4v) is 4.80. The van der Waals surface area contributed by atoms with E-state index in [0.717, 1.165) is 11.3 Å². The van der Waals surface area contributed by atoms with Gasteiger partial charge in [0.2, 0.25) is 5.91 Å². The van der Waals surface area contributed by atoms with Crippen molar-refractivity contribution >= 4 is 40.5 Å². The Morgan fingerprint density at radius 3 is 2.30 bits per heavy atom. The van der Waals surface area contributed by atoms with Gasteiger partial charge in [0.1, 0.15) is 11.6 Å². The maximum absolute atomic E-state index is 13.8. The van der Waals surface area contributed by atoms with Crippen molar-refractivity contribution < 1.29 is 18.7 Å². The Labute approximate surface area is 221 Å². The number of nitrogens with zero attached hydrogens (tertiary/aromatic N) is 2. The van der Waals surface area contributed by atoms with Crippen molar-refractivity contribution in [3.05, 3.63) is 89.7 Å². The average Bonchev–Trinajstić information content (AvgIpc) is 3.12. The minimum Gasteiger partial charge on any atom is -0.497 e. The Morgan fingerprint density at radius 2 is 1.70 bits per heavy atom. The SMILES string of the molecule is COc1ccc(NC(=O)CC2(c3ccc(F)cc3)C(=O)NC(=S)N2CCc2ccc(N(C)C)cc2)cc1. The van der Waals surface area contributed by atoms with Gasteiger partial charge < -0.3 is 25.2 Å². The van der Waals surface area contributed by atoms with Gasteiger partial charge in [0.05, 0.1) is 13.5 Å². The number of nitrogens with one attached hydrogen (secondary N) is 2. The molecule has 0 aromatic heterocycles. The number of carbonyl (C=O) groups excluding carboxylic acids is 2. The van der Waals surface area contributed by atoms with E-state index >= 15 is 0 Å². The van der Waals surface area contributed by atoms with Crippen LogP contribution in [0.25, 0.3) is 0 Å².